The van der Waals surface area contributed by atoms with Crippen LogP contribution in [0.2, 0.25) is 0 Å². The number of rotatable bonds is 2. The summed E-state index contributed by atoms with van der Waals surface area (Å²) in [5, 5.41) is 3.47. The molecule has 4 aliphatic rings. The molecule has 2 saturated carbocycles. The van der Waals surface area contributed by atoms with Gasteiger partial charge in [-0.05, 0) is 56.4 Å². The van der Waals surface area contributed by atoms with Crippen LogP contribution in [0, 0.1) is 23.2 Å². The van der Waals surface area contributed by atoms with Crippen LogP contribution in [0.15, 0.2) is 0 Å². The fourth-order valence-electron chi connectivity index (χ4n) is 5.27. The van der Waals surface area contributed by atoms with Crippen molar-refractivity contribution in [3.63, 3.8) is 0 Å². The van der Waals surface area contributed by atoms with E-state index >= 15 is 0 Å². The predicted octanol–water partition coefficient (Wildman–Crippen LogP) is 2.02. The zero-order valence-corrected chi connectivity index (χ0v) is 11.9. The van der Waals surface area contributed by atoms with E-state index < -0.39 is 0 Å². The van der Waals surface area contributed by atoms with Gasteiger partial charge in [0.1, 0.15) is 0 Å². The first-order valence-corrected chi connectivity index (χ1v) is 8.23. The summed E-state index contributed by atoms with van der Waals surface area (Å²) in [6.45, 7) is 4.32. The van der Waals surface area contributed by atoms with Gasteiger partial charge in [0, 0.05) is 31.5 Å². The number of fused-ring (bicyclic) bond motifs is 2. The van der Waals surface area contributed by atoms with Crippen LogP contribution >= 0.6 is 0 Å². The minimum atomic E-state index is 0.435. The van der Waals surface area contributed by atoms with Crippen LogP contribution in [0.25, 0.3) is 0 Å². The molecule has 3 heteroatoms. The molecule has 3 nitrogen and oxygen atoms in total. The lowest BCUT2D eigenvalue weighted by Gasteiger charge is -2.26. The smallest absolute Gasteiger partial charge is 0.222 e. The molecule has 1 amide bonds. The second-order valence-corrected chi connectivity index (χ2v) is 7.63. The van der Waals surface area contributed by atoms with Crippen LogP contribution in [-0.4, -0.2) is 37.0 Å². The van der Waals surface area contributed by atoms with Gasteiger partial charge in [0.05, 0.1) is 0 Å². The molecule has 19 heavy (non-hydrogen) atoms. The number of carbonyl (C=O) groups excluding carboxylic acids is 1. The lowest BCUT2D eigenvalue weighted by molar-refractivity contribution is -0.131. The lowest BCUT2D eigenvalue weighted by atomic mass is 9.85. The Morgan fingerprint density at radius 2 is 2.21 bits per heavy atom. The molecule has 1 N–H and O–H groups in total. The molecule has 4 fully saturated rings. The van der Waals surface area contributed by atoms with E-state index in [4.69, 9.17) is 0 Å². The van der Waals surface area contributed by atoms with Crippen molar-refractivity contribution in [3.8, 4) is 0 Å². The maximum absolute atomic E-state index is 12.5. The second kappa shape index (κ2) is 4.47. The van der Waals surface area contributed by atoms with Crippen LogP contribution in [0.5, 0.6) is 0 Å². The fourth-order valence-corrected chi connectivity index (χ4v) is 5.27. The van der Waals surface area contributed by atoms with Crippen LogP contribution in [0.3, 0.4) is 0 Å². The Balaban J connectivity index is 1.34. The minimum Gasteiger partial charge on any atom is -0.342 e. The predicted molar refractivity (Wildman–Crippen MR) is 74.7 cm³/mol. The van der Waals surface area contributed by atoms with Gasteiger partial charge in [-0.1, -0.05) is 6.42 Å². The SMILES string of the molecule is O=C(CC1CC2CCC1C2)N1CCC2(CCNC2)C1. The molecule has 4 atom stereocenters. The van der Waals surface area contributed by atoms with Crippen LogP contribution in [0.1, 0.15) is 44.9 Å². The third-order valence-electron chi connectivity index (χ3n) is 6.44. The molecular formula is C16H26N2O. The van der Waals surface area contributed by atoms with Crippen molar-refractivity contribution in [2.45, 2.75) is 44.9 Å². The molecule has 4 rings (SSSR count). The molecule has 0 aromatic heterocycles. The molecule has 0 aromatic rings. The van der Waals surface area contributed by atoms with E-state index in [1.165, 1.54) is 38.5 Å². The summed E-state index contributed by atoms with van der Waals surface area (Å²) in [6, 6.07) is 0. The summed E-state index contributed by atoms with van der Waals surface area (Å²) in [5.74, 6) is 3.04. The summed E-state index contributed by atoms with van der Waals surface area (Å²) in [5.41, 5.74) is 0.435. The molecule has 4 unspecified atom stereocenters. The maximum Gasteiger partial charge on any atom is 0.222 e. The third-order valence-corrected chi connectivity index (χ3v) is 6.44. The number of likely N-dealkylation sites (tertiary alicyclic amines) is 1. The summed E-state index contributed by atoms with van der Waals surface area (Å²) >= 11 is 0. The van der Waals surface area contributed by atoms with E-state index in [9.17, 15) is 4.79 Å². The van der Waals surface area contributed by atoms with Crippen LogP contribution in [0.4, 0.5) is 0 Å². The van der Waals surface area contributed by atoms with E-state index in [2.05, 4.69) is 10.2 Å². The molecule has 2 aliphatic carbocycles. The number of hydrogen-bond donors (Lipinski definition) is 1. The van der Waals surface area contributed by atoms with Gasteiger partial charge in [0.25, 0.3) is 0 Å². The first-order valence-electron chi connectivity index (χ1n) is 8.23. The molecule has 1 spiro atoms. The summed E-state index contributed by atoms with van der Waals surface area (Å²) in [6.07, 6.45) is 8.95. The second-order valence-electron chi connectivity index (χ2n) is 7.63. The average Bonchev–Trinajstić information content (AvgIpc) is 3.16. The molecule has 2 bridgehead atoms. The normalized spacial score (nSPS) is 44.6. The maximum atomic E-state index is 12.5. The molecule has 0 aromatic carbocycles. The van der Waals surface area contributed by atoms with Crippen molar-refractivity contribution in [2.24, 2.45) is 23.2 Å². The monoisotopic (exact) mass is 262 g/mol. The van der Waals surface area contributed by atoms with Gasteiger partial charge in [-0.2, -0.15) is 0 Å². The van der Waals surface area contributed by atoms with E-state index in [-0.39, 0.29) is 0 Å². The Morgan fingerprint density at radius 3 is 2.89 bits per heavy atom. The number of nitrogens with zero attached hydrogens (tertiary/aromatic N) is 1. The number of nitrogens with one attached hydrogen (secondary N) is 1. The molecule has 106 valence electrons. The van der Waals surface area contributed by atoms with Gasteiger partial charge in [-0.3, -0.25) is 4.79 Å². The van der Waals surface area contributed by atoms with Gasteiger partial charge in [0.2, 0.25) is 5.91 Å². The van der Waals surface area contributed by atoms with Gasteiger partial charge < -0.3 is 10.2 Å². The largest absolute Gasteiger partial charge is 0.342 e. The number of amides is 1. The van der Waals surface area contributed by atoms with Crippen molar-refractivity contribution in [3.05, 3.63) is 0 Å². The van der Waals surface area contributed by atoms with Gasteiger partial charge >= 0.3 is 0 Å². The Bertz CT molecular complexity index is 375. The Kier molecular flexibility index (Phi) is 2.87. The highest BCUT2D eigenvalue weighted by Crippen LogP contribution is 2.50. The highest BCUT2D eigenvalue weighted by atomic mass is 16.2. The Hall–Kier alpha value is -0.570. The Morgan fingerprint density at radius 1 is 1.26 bits per heavy atom. The zero-order chi connectivity index (χ0) is 12.9. The van der Waals surface area contributed by atoms with E-state index in [0.717, 1.165) is 50.4 Å². The zero-order valence-electron chi connectivity index (χ0n) is 11.9. The lowest BCUT2D eigenvalue weighted by Crippen LogP contribution is -2.34. The first-order chi connectivity index (χ1) is 9.24. The van der Waals surface area contributed by atoms with Crippen molar-refractivity contribution < 1.29 is 4.79 Å². The quantitative estimate of drug-likeness (QED) is 0.826. The van der Waals surface area contributed by atoms with Gasteiger partial charge in [0.15, 0.2) is 0 Å². The molecular weight excluding hydrogens is 236 g/mol. The molecule has 0 radical (unpaired) electrons. The van der Waals surface area contributed by atoms with Crippen molar-refractivity contribution in [1.82, 2.24) is 10.2 Å². The number of hydrogen-bond acceptors (Lipinski definition) is 2. The van der Waals surface area contributed by atoms with E-state index in [0.29, 0.717) is 11.3 Å². The highest BCUT2D eigenvalue weighted by Gasteiger charge is 2.44. The van der Waals surface area contributed by atoms with Crippen LogP contribution in [-0.2, 0) is 4.79 Å². The average molecular weight is 262 g/mol. The molecule has 2 aliphatic heterocycles. The highest BCUT2D eigenvalue weighted by molar-refractivity contribution is 5.77. The molecule has 2 saturated heterocycles. The fraction of sp³-hybridized carbons (Fsp3) is 0.938. The van der Waals surface area contributed by atoms with E-state index in [1.807, 2.05) is 0 Å². The summed E-state index contributed by atoms with van der Waals surface area (Å²) in [4.78, 5) is 14.7. The summed E-state index contributed by atoms with van der Waals surface area (Å²) < 4.78 is 0. The van der Waals surface area contributed by atoms with Crippen molar-refractivity contribution >= 4 is 5.91 Å². The van der Waals surface area contributed by atoms with Crippen molar-refractivity contribution in [1.29, 1.82) is 0 Å². The third kappa shape index (κ3) is 2.10. The minimum absolute atomic E-state index is 0.435. The topological polar surface area (TPSA) is 32.3 Å². The summed E-state index contributed by atoms with van der Waals surface area (Å²) in [7, 11) is 0. The number of carbonyl (C=O) groups is 1. The Labute approximate surface area is 116 Å². The first kappa shape index (κ1) is 12.2. The molecule has 2 heterocycles. The van der Waals surface area contributed by atoms with E-state index in [1.54, 1.807) is 0 Å². The van der Waals surface area contributed by atoms with Crippen LogP contribution < -0.4 is 5.32 Å². The van der Waals surface area contributed by atoms with Gasteiger partial charge in [-0.15, -0.1) is 0 Å². The standard InChI is InChI=1S/C16H26N2O/c19-15(9-14-8-12-1-2-13(14)7-12)18-6-4-16(11-18)3-5-17-10-16/h12-14,17H,1-11H2. The van der Waals surface area contributed by atoms with Gasteiger partial charge in [-0.25, -0.2) is 0 Å². The van der Waals surface area contributed by atoms with Crippen molar-refractivity contribution in [2.75, 3.05) is 26.2 Å².